The lowest BCUT2D eigenvalue weighted by Crippen LogP contribution is -2.21. The average Bonchev–Trinajstić information content (AvgIpc) is 2.42. The number of hydrogen-bond donors (Lipinski definition) is 3. The molecule has 0 aromatic heterocycles. The van der Waals surface area contributed by atoms with Gasteiger partial charge < -0.3 is 15.3 Å². The van der Waals surface area contributed by atoms with E-state index in [0.717, 1.165) is 5.57 Å². The molecule has 4 atom stereocenters. The Bertz CT molecular complexity index is 191. The maximum Gasteiger partial charge on any atom is 0.0641 e. The van der Waals surface area contributed by atoms with E-state index in [1.54, 1.807) is 0 Å². The molecule has 76 valence electrons. The van der Waals surface area contributed by atoms with E-state index in [0.29, 0.717) is 6.42 Å². The van der Waals surface area contributed by atoms with E-state index in [-0.39, 0.29) is 37.1 Å². The van der Waals surface area contributed by atoms with Crippen LogP contribution >= 0.6 is 0 Å². The first-order chi connectivity index (χ1) is 6.11. The number of aliphatic hydroxyl groups excluding tert-OH is 3. The number of hydrogen-bond acceptors (Lipinski definition) is 3. The van der Waals surface area contributed by atoms with Gasteiger partial charge in [-0.25, -0.2) is 0 Å². The zero-order chi connectivity index (χ0) is 10.0. The Kier molecular flexibility index (Phi) is 3.47. The second-order valence-electron chi connectivity index (χ2n) is 3.93. The third-order valence-electron chi connectivity index (χ3n) is 3.23. The predicted octanol–water partition coefficient (Wildman–Crippen LogP) is 0.160. The summed E-state index contributed by atoms with van der Waals surface area (Å²) in [7, 11) is 0. The molecular formula is C10H18O3. The highest BCUT2D eigenvalue weighted by atomic mass is 16.3. The van der Waals surface area contributed by atoms with Crippen LogP contribution in [-0.4, -0.2) is 34.6 Å². The number of rotatable bonds is 3. The summed E-state index contributed by atoms with van der Waals surface area (Å²) in [5.74, 6) is 0.216. The minimum absolute atomic E-state index is 0.0506. The van der Waals surface area contributed by atoms with Gasteiger partial charge in [-0.3, -0.25) is 0 Å². The van der Waals surface area contributed by atoms with Crippen molar-refractivity contribution in [3.8, 4) is 0 Å². The molecular weight excluding hydrogens is 168 g/mol. The highest BCUT2D eigenvalue weighted by molar-refractivity contribution is 5.08. The molecule has 1 aliphatic rings. The molecule has 0 aliphatic heterocycles. The predicted molar refractivity (Wildman–Crippen MR) is 50.1 cm³/mol. The van der Waals surface area contributed by atoms with Gasteiger partial charge in [0, 0.05) is 6.61 Å². The van der Waals surface area contributed by atoms with Crippen molar-refractivity contribution < 1.29 is 15.3 Å². The van der Waals surface area contributed by atoms with E-state index >= 15 is 0 Å². The van der Waals surface area contributed by atoms with Crippen LogP contribution in [0.15, 0.2) is 12.2 Å². The van der Waals surface area contributed by atoms with Gasteiger partial charge in [0.2, 0.25) is 0 Å². The minimum Gasteiger partial charge on any atom is -0.396 e. The van der Waals surface area contributed by atoms with Crippen molar-refractivity contribution in [1.29, 1.82) is 0 Å². The zero-order valence-corrected chi connectivity index (χ0v) is 7.98. The van der Waals surface area contributed by atoms with Crippen LogP contribution in [0, 0.1) is 17.8 Å². The van der Waals surface area contributed by atoms with Crippen molar-refractivity contribution >= 4 is 0 Å². The Morgan fingerprint density at radius 1 is 1.46 bits per heavy atom. The van der Waals surface area contributed by atoms with Gasteiger partial charge in [-0.1, -0.05) is 13.5 Å². The molecule has 0 saturated heterocycles. The Morgan fingerprint density at radius 2 is 2.08 bits per heavy atom. The monoisotopic (exact) mass is 186 g/mol. The van der Waals surface area contributed by atoms with E-state index in [1.807, 2.05) is 6.92 Å². The fourth-order valence-corrected chi connectivity index (χ4v) is 2.18. The van der Waals surface area contributed by atoms with Gasteiger partial charge in [0.15, 0.2) is 0 Å². The summed E-state index contributed by atoms with van der Waals surface area (Å²) in [6.07, 6.45) is 0.247. The Balaban J connectivity index is 2.70. The van der Waals surface area contributed by atoms with Crippen LogP contribution in [0.4, 0.5) is 0 Å². The molecule has 3 heteroatoms. The standard InChI is InChI=1S/C10H18O3/c1-6(4-11)8-3-10(13)7(2)9(8)5-12/h7-13H,1,3-5H2,2H3/t7-,8-,9-,10+/m1/s1. The summed E-state index contributed by atoms with van der Waals surface area (Å²) in [5, 5.41) is 27.6. The van der Waals surface area contributed by atoms with Crippen LogP contribution in [0.25, 0.3) is 0 Å². The normalized spacial score (nSPS) is 39.4. The molecule has 3 N–H and O–H groups in total. The van der Waals surface area contributed by atoms with Crippen LogP contribution in [0.3, 0.4) is 0 Å². The van der Waals surface area contributed by atoms with Gasteiger partial charge >= 0.3 is 0 Å². The summed E-state index contributed by atoms with van der Waals surface area (Å²) >= 11 is 0. The van der Waals surface area contributed by atoms with Gasteiger partial charge in [-0.2, -0.15) is 0 Å². The summed E-state index contributed by atoms with van der Waals surface area (Å²) < 4.78 is 0. The first-order valence-corrected chi connectivity index (χ1v) is 4.69. The second-order valence-corrected chi connectivity index (χ2v) is 3.93. The van der Waals surface area contributed by atoms with Gasteiger partial charge in [0.25, 0.3) is 0 Å². The molecule has 0 bridgehead atoms. The van der Waals surface area contributed by atoms with Gasteiger partial charge in [0.1, 0.15) is 0 Å². The quantitative estimate of drug-likeness (QED) is 0.550. The summed E-state index contributed by atoms with van der Waals surface area (Å²) in [6.45, 7) is 5.68. The molecule has 13 heavy (non-hydrogen) atoms. The van der Waals surface area contributed by atoms with Crippen LogP contribution in [0.1, 0.15) is 13.3 Å². The molecule has 0 radical (unpaired) electrons. The minimum atomic E-state index is -0.370. The highest BCUT2D eigenvalue weighted by Gasteiger charge is 2.40. The molecule has 1 rings (SSSR count). The lowest BCUT2D eigenvalue weighted by molar-refractivity contribution is 0.106. The second kappa shape index (κ2) is 4.22. The van der Waals surface area contributed by atoms with E-state index in [2.05, 4.69) is 6.58 Å². The molecule has 0 unspecified atom stereocenters. The molecule has 1 fully saturated rings. The fourth-order valence-electron chi connectivity index (χ4n) is 2.18. The highest BCUT2D eigenvalue weighted by Crippen LogP contribution is 2.40. The van der Waals surface area contributed by atoms with Crippen molar-refractivity contribution in [2.75, 3.05) is 13.2 Å². The van der Waals surface area contributed by atoms with Crippen molar-refractivity contribution in [2.45, 2.75) is 19.4 Å². The third kappa shape index (κ3) is 1.93. The lowest BCUT2D eigenvalue weighted by atomic mass is 9.87. The van der Waals surface area contributed by atoms with Crippen molar-refractivity contribution in [3.05, 3.63) is 12.2 Å². The first-order valence-electron chi connectivity index (χ1n) is 4.69. The topological polar surface area (TPSA) is 60.7 Å². The van der Waals surface area contributed by atoms with Crippen molar-refractivity contribution in [1.82, 2.24) is 0 Å². The largest absolute Gasteiger partial charge is 0.396 e. The molecule has 0 aromatic carbocycles. The Hall–Kier alpha value is -0.380. The molecule has 0 aromatic rings. The van der Waals surface area contributed by atoms with E-state index in [9.17, 15) is 5.11 Å². The lowest BCUT2D eigenvalue weighted by Gasteiger charge is -2.21. The third-order valence-corrected chi connectivity index (χ3v) is 3.23. The van der Waals surface area contributed by atoms with Gasteiger partial charge in [-0.05, 0) is 29.7 Å². The molecule has 1 aliphatic carbocycles. The van der Waals surface area contributed by atoms with Crippen LogP contribution in [0.5, 0.6) is 0 Å². The smallest absolute Gasteiger partial charge is 0.0641 e. The summed E-state index contributed by atoms with van der Waals surface area (Å²) in [4.78, 5) is 0. The van der Waals surface area contributed by atoms with Crippen LogP contribution in [0.2, 0.25) is 0 Å². The van der Waals surface area contributed by atoms with Crippen LogP contribution < -0.4 is 0 Å². The molecule has 0 amide bonds. The molecule has 0 spiro atoms. The summed E-state index contributed by atoms with van der Waals surface area (Å²) in [6, 6.07) is 0. The molecule has 3 nitrogen and oxygen atoms in total. The average molecular weight is 186 g/mol. The van der Waals surface area contributed by atoms with E-state index < -0.39 is 0 Å². The van der Waals surface area contributed by atoms with E-state index in [1.165, 1.54) is 0 Å². The SMILES string of the molecule is C=C(CO)[C@H]1C[C@H](O)[C@H](C)[C@H]1CO. The molecule has 1 saturated carbocycles. The maximum absolute atomic E-state index is 9.58. The first kappa shape index (κ1) is 10.7. The maximum atomic E-state index is 9.58. The van der Waals surface area contributed by atoms with Gasteiger partial charge in [-0.15, -0.1) is 0 Å². The Labute approximate surface area is 78.7 Å². The van der Waals surface area contributed by atoms with Crippen LogP contribution in [-0.2, 0) is 0 Å². The molecule has 0 heterocycles. The number of aliphatic hydroxyl groups is 3. The fraction of sp³-hybridized carbons (Fsp3) is 0.800. The van der Waals surface area contributed by atoms with Crippen molar-refractivity contribution in [2.24, 2.45) is 17.8 Å². The van der Waals surface area contributed by atoms with Crippen molar-refractivity contribution in [3.63, 3.8) is 0 Å². The Morgan fingerprint density at radius 3 is 2.54 bits per heavy atom. The zero-order valence-electron chi connectivity index (χ0n) is 7.98. The van der Waals surface area contributed by atoms with E-state index in [4.69, 9.17) is 10.2 Å². The van der Waals surface area contributed by atoms with Gasteiger partial charge in [0.05, 0.1) is 12.7 Å². The summed E-state index contributed by atoms with van der Waals surface area (Å²) in [5.41, 5.74) is 0.724.